The molecule has 1 aromatic carbocycles. The molecule has 0 spiro atoms. The zero-order valence-corrected chi connectivity index (χ0v) is 12.7. The smallest absolute Gasteiger partial charge is 0.119 e. The Kier molecular flexibility index (Phi) is 6.03. The van der Waals surface area contributed by atoms with Gasteiger partial charge in [0.05, 0.1) is 12.0 Å². The molecule has 0 amide bonds. The van der Waals surface area contributed by atoms with Crippen LogP contribution in [0.1, 0.15) is 62.8 Å². The fourth-order valence-corrected chi connectivity index (χ4v) is 3.37. The second kappa shape index (κ2) is 7.79. The van der Waals surface area contributed by atoms with Crippen LogP contribution in [0.5, 0.6) is 5.75 Å². The molecule has 1 aromatic rings. The molecule has 1 aliphatic rings. The first kappa shape index (κ1) is 14.7. The maximum atomic E-state index is 6.58. The number of rotatable bonds is 5. The lowest BCUT2D eigenvalue weighted by Crippen LogP contribution is -2.03. The van der Waals surface area contributed by atoms with Crippen molar-refractivity contribution in [2.24, 2.45) is 5.92 Å². The second-order valence-corrected chi connectivity index (χ2v) is 6.09. The summed E-state index contributed by atoms with van der Waals surface area (Å²) in [6.45, 7) is 2.72. The van der Waals surface area contributed by atoms with Gasteiger partial charge in [-0.25, -0.2) is 0 Å². The Labute approximate surface area is 122 Å². The molecule has 19 heavy (non-hydrogen) atoms. The van der Waals surface area contributed by atoms with Crippen molar-refractivity contribution in [1.29, 1.82) is 0 Å². The van der Waals surface area contributed by atoms with Gasteiger partial charge in [0, 0.05) is 0 Å². The Morgan fingerprint density at radius 3 is 2.32 bits per heavy atom. The number of alkyl halides is 1. The predicted octanol–water partition coefficient (Wildman–Crippen LogP) is 5.73. The van der Waals surface area contributed by atoms with Gasteiger partial charge in [-0.15, -0.1) is 11.6 Å². The van der Waals surface area contributed by atoms with E-state index in [9.17, 15) is 0 Å². The van der Waals surface area contributed by atoms with Crippen LogP contribution < -0.4 is 4.74 Å². The molecule has 0 aliphatic heterocycles. The maximum absolute atomic E-state index is 6.58. The lowest BCUT2D eigenvalue weighted by Gasteiger charge is -2.18. The SMILES string of the molecule is CCOc1ccc(C(Cl)CC2CCCCCC2)cc1. The second-order valence-electron chi connectivity index (χ2n) is 5.56. The Morgan fingerprint density at radius 2 is 1.74 bits per heavy atom. The number of benzene rings is 1. The zero-order chi connectivity index (χ0) is 13.5. The van der Waals surface area contributed by atoms with Crippen LogP contribution in [0, 0.1) is 5.92 Å². The highest BCUT2D eigenvalue weighted by molar-refractivity contribution is 6.20. The molecule has 0 N–H and O–H groups in total. The molecular weight excluding hydrogens is 256 g/mol. The van der Waals surface area contributed by atoms with Crippen LogP contribution in [-0.2, 0) is 0 Å². The third-order valence-corrected chi connectivity index (χ3v) is 4.50. The van der Waals surface area contributed by atoms with Gasteiger partial charge >= 0.3 is 0 Å². The molecule has 1 aliphatic carbocycles. The summed E-state index contributed by atoms with van der Waals surface area (Å²) >= 11 is 6.58. The highest BCUT2D eigenvalue weighted by Crippen LogP contribution is 2.34. The quantitative estimate of drug-likeness (QED) is 0.495. The van der Waals surface area contributed by atoms with Gasteiger partial charge in [0.25, 0.3) is 0 Å². The Balaban J connectivity index is 1.89. The van der Waals surface area contributed by atoms with Gasteiger partial charge in [0.15, 0.2) is 0 Å². The van der Waals surface area contributed by atoms with Gasteiger partial charge in [-0.1, -0.05) is 50.7 Å². The fraction of sp³-hybridized carbons (Fsp3) is 0.647. The van der Waals surface area contributed by atoms with Crippen LogP contribution in [0.15, 0.2) is 24.3 Å². The minimum Gasteiger partial charge on any atom is -0.494 e. The minimum atomic E-state index is 0.152. The molecule has 0 heterocycles. The highest BCUT2D eigenvalue weighted by Gasteiger charge is 2.17. The molecule has 1 atom stereocenters. The van der Waals surface area contributed by atoms with E-state index in [2.05, 4.69) is 12.1 Å². The van der Waals surface area contributed by atoms with Crippen molar-refractivity contribution in [3.63, 3.8) is 0 Å². The average Bonchev–Trinajstić information content (AvgIpc) is 2.68. The molecule has 1 fully saturated rings. The van der Waals surface area contributed by atoms with Gasteiger partial charge in [0.1, 0.15) is 5.75 Å². The third kappa shape index (κ3) is 4.72. The number of hydrogen-bond donors (Lipinski definition) is 0. The van der Waals surface area contributed by atoms with Crippen LogP contribution in [0.3, 0.4) is 0 Å². The van der Waals surface area contributed by atoms with E-state index in [0.29, 0.717) is 6.61 Å². The molecule has 1 unspecified atom stereocenters. The van der Waals surface area contributed by atoms with E-state index >= 15 is 0 Å². The Bertz CT molecular complexity index is 352. The number of hydrogen-bond acceptors (Lipinski definition) is 1. The molecule has 1 saturated carbocycles. The van der Waals surface area contributed by atoms with Crippen LogP contribution in [0.4, 0.5) is 0 Å². The summed E-state index contributed by atoms with van der Waals surface area (Å²) in [7, 11) is 0. The molecule has 0 saturated heterocycles. The summed E-state index contributed by atoms with van der Waals surface area (Å²) in [5.74, 6) is 1.75. The number of halogens is 1. The van der Waals surface area contributed by atoms with Crippen LogP contribution in [0.25, 0.3) is 0 Å². The Morgan fingerprint density at radius 1 is 1.11 bits per heavy atom. The molecule has 0 radical (unpaired) electrons. The summed E-state index contributed by atoms with van der Waals surface area (Å²) in [4.78, 5) is 0. The lowest BCUT2D eigenvalue weighted by atomic mass is 9.92. The lowest BCUT2D eigenvalue weighted by molar-refractivity contribution is 0.340. The van der Waals surface area contributed by atoms with Gasteiger partial charge in [-0.2, -0.15) is 0 Å². The first-order chi connectivity index (χ1) is 9.29. The summed E-state index contributed by atoms with van der Waals surface area (Å²) in [5, 5.41) is 0.152. The fourth-order valence-electron chi connectivity index (χ4n) is 2.97. The van der Waals surface area contributed by atoms with Gasteiger partial charge in [-0.05, 0) is 37.0 Å². The van der Waals surface area contributed by atoms with Crippen LogP contribution in [0.2, 0.25) is 0 Å². The van der Waals surface area contributed by atoms with Gasteiger partial charge < -0.3 is 4.74 Å². The topological polar surface area (TPSA) is 9.23 Å². The van der Waals surface area contributed by atoms with Crippen molar-refractivity contribution in [2.45, 2.75) is 57.2 Å². The zero-order valence-electron chi connectivity index (χ0n) is 11.9. The van der Waals surface area contributed by atoms with E-state index in [4.69, 9.17) is 16.3 Å². The maximum Gasteiger partial charge on any atom is 0.119 e. The normalized spacial score (nSPS) is 18.8. The van der Waals surface area contributed by atoms with E-state index in [0.717, 1.165) is 18.1 Å². The highest BCUT2D eigenvalue weighted by atomic mass is 35.5. The molecular formula is C17H25ClO. The molecule has 0 bridgehead atoms. The summed E-state index contributed by atoms with van der Waals surface area (Å²) in [6, 6.07) is 8.28. The largest absolute Gasteiger partial charge is 0.494 e. The van der Waals surface area contributed by atoms with E-state index in [1.165, 1.54) is 44.1 Å². The van der Waals surface area contributed by atoms with Crippen molar-refractivity contribution < 1.29 is 4.74 Å². The molecule has 2 heteroatoms. The summed E-state index contributed by atoms with van der Waals surface area (Å²) < 4.78 is 5.46. The first-order valence-electron chi connectivity index (χ1n) is 7.66. The van der Waals surface area contributed by atoms with Crippen molar-refractivity contribution in [3.8, 4) is 5.75 Å². The molecule has 1 nitrogen and oxygen atoms in total. The third-order valence-electron chi connectivity index (χ3n) is 4.07. The van der Waals surface area contributed by atoms with Crippen LogP contribution in [-0.4, -0.2) is 6.61 Å². The predicted molar refractivity (Wildman–Crippen MR) is 82.0 cm³/mol. The van der Waals surface area contributed by atoms with Crippen molar-refractivity contribution in [2.75, 3.05) is 6.61 Å². The first-order valence-corrected chi connectivity index (χ1v) is 8.10. The monoisotopic (exact) mass is 280 g/mol. The van der Waals surface area contributed by atoms with E-state index in [1.54, 1.807) is 0 Å². The standard InChI is InChI=1S/C17H25ClO/c1-2-19-16-11-9-15(10-12-16)17(18)13-14-7-5-3-4-6-8-14/h9-12,14,17H,2-8,13H2,1H3. The van der Waals surface area contributed by atoms with Gasteiger partial charge in [-0.3, -0.25) is 0 Å². The molecule has 2 rings (SSSR count). The van der Waals surface area contributed by atoms with E-state index in [1.807, 2.05) is 19.1 Å². The Hall–Kier alpha value is -0.690. The van der Waals surface area contributed by atoms with E-state index in [-0.39, 0.29) is 5.38 Å². The van der Waals surface area contributed by atoms with Crippen molar-refractivity contribution in [1.82, 2.24) is 0 Å². The molecule has 106 valence electrons. The minimum absolute atomic E-state index is 0.152. The molecule has 0 aromatic heterocycles. The summed E-state index contributed by atoms with van der Waals surface area (Å²) in [5.41, 5.74) is 1.23. The number of ether oxygens (including phenoxy) is 1. The van der Waals surface area contributed by atoms with Gasteiger partial charge in [0.2, 0.25) is 0 Å². The average molecular weight is 281 g/mol. The van der Waals surface area contributed by atoms with E-state index < -0.39 is 0 Å². The van der Waals surface area contributed by atoms with Crippen molar-refractivity contribution >= 4 is 11.6 Å². The summed E-state index contributed by atoms with van der Waals surface area (Å²) in [6.07, 6.45) is 9.43. The van der Waals surface area contributed by atoms with Crippen molar-refractivity contribution in [3.05, 3.63) is 29.8 Å². The van der Waals surface area contributed by atoms with Crippen LogP contribution >= 0.6 is 11.6 Å².